The van der Waals surface area contributed by atoms with Crippen molar-refractivity contribution in [3.05, 3.63) is 64.7 Å². The van der Waals surface area contributed by atoms with Crippen molar-refractivity contribution in [1.29, 1.82) is 0 Å². The number of urea groups is 1. The van der Waals surface area contributed by atoms with Gasteiger partial charge in [-0.3, -0.25) is 4.79 Å². The number of anilines is 1. The van der Waals surface area contributed by atoms with E-state index in [1.54, 1.807) is 12.1 Å². The van der Waals surface area contributed by atoms with Crippen LogP contribution in [0.15, 0.2) is 48.5 Å². The number of rotatable bonds is 6. The zero-order chi connectivity index (χ0) is 20.6. The third kappa shape index (κ3) is 6.48. The van der Waals surface area contributed by atoms with E-state index < -0.39 is 0 Å². The third-order valence-electron chi connectivity index (χ3n) is 4.92. The fourth-order valence-corrected chi connectivity index (χ4v) is 3.30. The van der Waals surface area contributed by atoms with E-state index in [4.69, 9.17) is 16.3 Å². The van der Waals surface area contributed by atoms with E-state index in [0.29, 0.717) is 23.9 Å². The van der Waals surface area contributed by atoms with Crippen LogP contribution in [-0.2, 0) is 16.1 Å². The van der Waals surface area contributed by atoms with Crippen LogP contribution in [-0.4, -0.2) is 25.2 Å². The second kappa shape index (κ2) is 10.3. The summed E-state index contributed by atoms with van der Waals surface area (Å²) in [5.41, 5.74) is 2.62. The predicted molar refractivity (Wildman–Crippen MR) is 114 cm³/mol. The van der Waals surface area contributed by atoms with Crippen molar-refractivity contribution >= 4 is 29.2 Å². The maximum Gasteiger partial charge on any atom is 0.319 e. The smallest absolute Gasteiger partial charge is 0.319 e. The molecule has 0 radical (unpaired) electrons. The Labute approximate surface area is 176 Å². The lowest BCUT2D eigenvalue weighted by Gasteiger charge is -2.23. The van der Waals surface area contributed by atoms with Crippen LogP contribution in [0.1, 0.15) is 36.9 Å². The number of hydrogen-bond donors (Lipinski definition) is 3. The number of nitrogens with one attached hydrogen (secondary N) is 3. The Morgan fingerprint density at radius 2 is 1.86 bits per heavy atom. The van der Waals surface area contributed by atoms with Crippen LogP contribution in [0.5, 0.6) is 0 Å². The summed E-state index contributed by atoms with van der Waals surface area (Å²) in [4.78, 5) is 24.4. The number of carbonyl (C=O) groups excluding carboxylic acids is 2. The maximum absolute atomic E-state index is 12.3. The fourth-order valence-electron chi connectivity index (χ4n) is 3.18. The summed E-state index contributed by atoms with van der Waals surface area (Å²) in [5.74, 6) is -0.0440. The van der Waals surface area contributed by atoms with Gasteiger partial charge in [-0.15, -0.1) is 0 Å². The van der Waals surface area contributed by atoms with Gasteiger partial charge in [0, 0.05) is 23.9 Å². The molecule has 1 aliphatic rings. The van der Waals surface area contributed by atoms with Gasteiger partial charge in [0.2, 0.25) is 5.91 Å². The molecule has 154 valence electrons. The van der Waals surface area contributed by atoms with Gasteiger partial charge in [-0.1, -0.05) is 35.9 Å². The monoisotopic (exact) mass is 415 g/mol. The fraction of sp³-hybridized carbons (Fsp3) is 0.364. The first-order valence-corrected chi connectivity index (χ1v) is 10.2. The Morgan fingerprint density at radius 1 is 1.14 bits per heavy atom. The molecule has 1 unspecified atom stereocenters. The third-order valence-corrected chi connectivity index (χ3v) is 5.18. The maximum atomic E-state index is 12.3. The Hall–Kier alpha value is -2.57. The van der Waals surface area contributed by atoms with Crippen LogP contribution in [0.3, 0.4) is 0 Å². The van der Waals surface area contributed by atoms with Crippen molar-refractivity contribution in [2.75, 3.05) is 18.5 Å². The molecule has 0 aromatic heterocycles. The molecule has 2 aromatic rings. The Kier molecular flexibility index (Phi) is 7.49. The number of halogens is 1. The highest BCUT2D eigenvalue weighted by atomic mass is 35.5. The van der Waals surface area contributed by atoms with E-state index in [9.17, 15) is 9.59 Å². The minimum absolute atomic E-state index is 0.0287. The molecule has 2 atom stereocenters. The number of benzene rings is 2. The summed E-state index contributed by atoms with van der Waals surface area (Å²) >= 11 is 5.86. The Bertz CT molecular complexity index is 818. The molecule has 6 nitrogen and oxygen atoms in total. The molecule has 3 N–H and O–H groups in total. The molecule has 7 heteroatoms. The summed E-state index contributed by atoms with van der Waals surface area (Å²) in [6.07, 6.45) is 1.79. The number of amides is 3. The summed E-state index contributed by atoms with van der Waals surface area (Å²) in [6, 6.07) is 14.4. The SMILES string of the molecule is C[C@H](NC(=O)C1CCCOC1)c1ccc(NC(=O)NCc2ccc(Cl)cc2)cc1. The van der Waals surface area contributed by atoms with Crippen molar-refractivity contribution in [2.24, 2.45) is 5.92 Å². The first kappa shape index (κ1) is 21.1. The van der Waals surface area contributed by atoms with Crippen LogP contribution >= 0.6 is 11.6 Å². The van der Waals surface area contributed by atoms with Crippen LogP contribution in [0.2, 0.25) is 5.02 Å². The van der Waals surface area contributed by atoms with E-state index in [0.717, 1.165) is 30.6 Å². The average Bonchev–Trinajstić information content (AvgIpc) is 2.74. The number of hydrogen-bond acceptors (Lipinski definition) is 3. The first-order valence-electron chi connectivity index (χ1n) is 9.78. The topological polar surface area (TPSA) is 79.5 Å². The highest BCUT2D eigenvalue weighted by Gasteiger charge is 2.23. The van der Waals surface area contributed by atoms with Crippen molar-refractivity contribution in [2.45, 2.75) is 32.4 Å². The quantitative estimate of drug-likeness (QED) is 0.659. The van der Waals surface area contributed by atoms with Gasteiger partial charge in [-0.25, -0.2) is 4.79 Å². The average molecular weight is 416 g/mol. The zero-order valence-corrected chi connectivity index (χ0v) is 17.2. The molecule has 2 aromatic carbocycles. The summed E-state index contributed by atoms with van der Waals surface area (Å²) in [6.45, 7) is 3.59. The number of ether oxygens (including phenoxy) is 1. The molecule has 29 heavy (non-hydrogen) atoms. The highest BCUT2D eigenvalue weighted by Crippen LogP contribution is 2.19. The number of carbonyl (C=O) groups is 2. The van der Waals surface area contributed by atoms with E-state index in [2.05, 4.69) is 16.0 Å². The van der Waals surface area contributed by atoms with E-state index in [1.807, 2.05) is 43.3 Å². The van der Waals surface area contributed by atoms with Gasteiger partial charge in [-0.2, -0.15) is 0 Å². The lowest BCUT2D eigenvalue weighted by Crippen LogP contribution is -2.36. The Balaban J connectivity index is 1.46. The predicted octanol–water partition coefficient (Wildman–Crippen LogP) is 4.27. The second-order valence-electron chi connectivity index (χ2n) is 7.20. The molecular weight excluding hydrogens is 390 g/mol. The first-order chi connectivity index (χ1) is 14.0. The minimum Gasteiger partial charge on any atom is -0.381 e. The molecule has 1 fully saturated rings. The molecule has 1 heterocycles. The van der Waals surface area contributed by atoms with Crippen molar-refractivity contribution < 1.29 is 14.3 Å². The lowest BCUT2D eigenvalue weighted by molar-refractivity contribution is -0.129. The second-order valence-corrected chi connectivity index (χ2v) is 7.64. The lowest BCUT2D eigenvalue weighted by atomic mass is 10.00. The molecule has 1 aliphatic heterocycles. The van der Waals surface area contributed by atoms with E-state index >= 15 is 0 Å². The normalized spacial score (nSPS) is 17.2. The molecule has 3 rings (SSSR count). The highest BCUT2D eigenvalue weighted by molar-refractivity contribution is 6.30. The van der Waals surface area contributed by atoms with E-state index in [-0.39, 0.29) is 23.9 Å². The molecular formula is C22H26ClN3O3. The van der Waals surface area contributed by atoms with Crippen molar-refractivity contribution in [3.63, 3.8) is 0 Å². The summed E-state index contributed by atoms with van der Waals surface area (Å²) in [5, 5.41) is 9.31. The van der Waals surface area contributed by atoms with Gasteiger partial charge < -0.3 is 20.7 Å². The van der Waals surface area contributed by atoms with Gasteiger partial charge in [0.15, 0.2) is 0 Å². The minimum atomic E-state index is -0.286. The van der Waals surface area contributed by atoms with Gasteiger partial charge in [0.1, 0.15) is 0 Å². The van der Waals surface area contributed by atoms with Crippen LogP contribution in [0.4, 0.5) is 10.5 Å². The summed E-state index contributed by atoms with van der Waals surface area (Å²) < 4.78 is 5.38. The van der Waals surface area contributed by atoms with Gasteiger partial charge >= 0.3 is 6.03 Å². The van der Waals surface area contributed by atoms with Gasteiger partial charge in [0.25, 0.3) is 0 Å². The molecule has 0 spiro atoms. The summed E-state index contributed by atoms with van der Waals surface area (Å²) in [7, 11) is 0. The van der Waals surface area contributed by atoms with Crippen LogP contribution in [0, 0.1) is 5.92 Å². The largest absolute Gasteiger partial charge is 0.381 e. The zero-order valence-electron chi connectivity index (χ0n) is 16.4. The Morgan fingerprint density at radius 3 is 2.52 bits per heavy atom. The van der Waals surface area contributed by atoms with Crippen molar-refractivity contribution in [3.8, 4) is 0 Å². The molecule has 0 aliphatic carbocycles. The molecule has 0 saturated carbocycles. The van der Waals surface area contributed by atoms with Gasteiger partial charge in [-0.05, 0) is 55.2 Å². The molecule has 0 bridgehead atoms. The van der Waals surface area contributed by atoms with Gasteiger partial charge in [0.05, 0.1) is 18.6 Å². The van der Waals surface area contributed by atoms with E-state index in [1.165, 1.54) is 0 Å². The van der Waals surface area contributed by atoms with Crippen LogP contribution in [0.25, 0.3) is 0 Å². The van der Waals surface area contributed by atoms with Crippen LogP contribution < -0.4 is 16.0 Å². The molecule has 1 saturated heterocycles. The molecule has 3 amide bonds. The standard InChI is InChI=1S/C22H26ClN3O3/c1-15(25-21(27)18-3-2-12-29-14-18)17-6-10-20(11-7-17)26-22(28)24-13-16-4-8-19(23)9-5-16/h4-11,15,18H,2-3,12-14H2,1H3,(H,25,27)(H2,24,26,28)/t15-,18?/m0/s1. The van der Waals surface area contributed by atoms with Crippen molar-refractivity contribution in [1.82, 2.24) is 10.6 Å².